The van der Waals surface area contributed by atoms with Crippen LogP contribution >= 0.6 is 0 Å². The summed E-state index contributed by atoms with van der Waals surface area (Å²) in [6, 6.07) is 6.14. The summed E-state index contributed by atoms with van der Waals surface area (Å²) in [5.41, 5.74) is 2.31. The third-order valence-corrected chi connectivity index (χ3v) is 4.10. The number of aromatic hydroxyl groups is 1. The van der Waals surface area contributed by atoms with Crippen LogP contribution in [0.25, 0.3) is 0 Å². The van der Waals surface area contributed by atoms with E-state index in [2.05, 4.69) is 11.0 Å². The fourth-order valence-corrected chi connectivity index (χ4v) is 2.99. The number of hydrogen-bond donors (Lipinski definition) is 1. The number of hydrogen-bond acceptors (Lipinski definition) is 4. The van der Waals surface area contributed by atoms with E-state index >= 15 is 0 Å². The average molecular weight is 247 g/mol. The molecule has 1 fully saturated rings. The Balaban J connectivity index is 1.63. The number of esters is 1. The van der Waals surface area contributed by atoms with Crippen molar-refractivity contribution in [2.24, 2.45) is 5.92 Å². The Morgan fingerprint density at radius 1 is 1.39 bits per heavy atom. The van der Waals surface area contributed by atoms with Gasteiger partial charge >= 0.3 is 5.97 Å². The molecule has 1 N–H and O–H groups in total. The number of ether oxygens (including phenoxy) is 1. The first-order chi connectivity index (χ1) is 8.69. The van der Waals surface area contributed by atoms with Crippen molar-refractivity contribution in [3.8, 4) is 5.75 Å². The van der Waals surface area contributed by atoms with Gasteiger partial charge in [-0.3, -0.25) is 9.69 Å². The molecule has 1 atom stereocenters. The van der Waals surface area contributed by atoms with Crippen molar-refractivity contribution < 1.29 is 14.6 Å². The summed E-state index contributed by atoms with van der Waals surface area (Å²) in [7, 11) is 1.44. The quantitative estimate of drug-likeness (QED) is 0.791. The number of phenols is 1. The van der Waals surface area contributed by atoms with Gasteiger partial charge in [0.05, 0.1) is 13.0 Å². The fourth-order valence-electron chi connectivity index (χ4n) is 2.99. The average Bonchev–Trinajstić information content (AvgIpc) is 2.72. The summed E-state index contributed by atoms with van der Waals surface area (Å²) in [6.45, 7) is 1.57. The van der Waals surface area contributed by atoms with E-state index in [4.69, 9.17) is 4.74 Å². The summed E-state index contributed by atoms with van der Waals surface area (Å²) in [6.07, 6.45) is 1.85. The molecule has 1 aromatic carbocycles. The van der Waals surface area contributed by atoms with Crippen LogP contribution in [-0.2, 0) is 22.4 Å². The molecule has 0 saturated carbocycles. The zero-order valence-electron chi connectivity index (χ0n) is 10.4. The predicted octanol–water partition coefficient (Wildman–Crippen LogP) is 0.964. The number of carbonyl (C=O) groups is 1. The van der Waals surface area contributed by atoms with Crippen molar-refractivity contribution in [1.29, 1.82) is 0 Å². The Kier molecular flexibility index (Phi) is 2.74. The van der Waals surface area contributed by atoms with Crippen molar-refractivity contribution in [2.45, 2.75) is 18.9 Å². The number of likely N-dealkylation sites (tertiary alicyclic amines) is 1. The molecule has 1 heterocycles. The lowest BCUT2D eigenvalue weighted by molar-refractivity contribution is -0.152. The summed E-state index contributed by atoms with van der Waals surface area (Å²) < 4.78 is 4.74. The van der Waals surface area contributed by atoms with Crippen molar-refractivity contribution in [3.05, 3.63) is 29.3 Å². The lowest BCUT2D eigenvalue weighted by atomic mass is 9.96. The number of carbonyl (C=O) groups excluding carboxylic acids is 1. The van der Waals surface area contributed by atoms with Crippen LogP contribution in [0.2, 0.25) is 0 Å². The molecule has 1 saturated heterocycles. The highest BCUT2D eigenvalue weighted by Gasteiger charge is 2.39. The monoisotopic (exact) mass is 247 g/mol. The first kappa shape index (κ1) is 11.5. The molecule has 4 heteroatoms. The van der Waals surface area contributed by atoms with E-state index in [1.807, 2.05) is 6.07 Å². The molecule has 2 aliphatic rings. The van der Waals surface area contributed by atoms with Crippen LogP contribution in [0.4, 0.5) is 0 Å². The van der Waals surface area contributed by atoms with Gasteiger partial charge in [0, 0.05) is 19.1 Å². The normalized spacial score (nSPS) is 23.5. The van der Waals surface area contributed by atoms with Crippen LogP contribution in [0.1, 0.15) is 11.1 Å². The number of phenolic OH excluding ortho intramolecular Hbond substituents is 1. The van der Waals surface area contributed by atoms with Crippen molar-refractivity contribution in [2.75, 3.05) is 20.2 Å². The van der Waals surface area contributed by atoms with Gasteiger partial charge < -0.3 is 9.84 Å². The van der Waals surface area contributed by atoms with Gasteiger partial charge in [0.25, 0.3) is 0 Å². The topological polar surface area (TPSA) is 49.8 Å². The molecule has 0 amide bonds. The Morgan fingerprint density at radius 3 is 2.83 bits per heavy atom. The zero-order chi connectivity index (χ0) is 12.7. The molecular formula is C14H17NO3. The minimum atomic E-state index is -0.107. The first-order valence-electron chi connectivity index (χ1n) is 6.30. The van der Waals surface area contributed by atoms with Crippen LogP contribution in [-0.4, -0.2) is 42.2 Å². The molecule has 1 aromatic rings. The van der Waals surface area contributed by atoms with E-state index in [0.29, 0.717) is 11.8 Å². The van der Waals surface area contributed by atoms with E-state index in [1.54, 1.807) is 6.07 Å². The van der Waals surface area contributed by atoms with Gasteiger partial charge in [-0.2, -0.15) is 0 Å². The van der Waals surface area contributed by atoms with E-state index in [-0.39, 0.29) is 11.9 Å². The van der Waals surface area contributed by atoms with Gasteiger partial charge in [-0.15, -0.1) is 0 Å². The standard InChI is InChI=1S/C14H17NO3/c1-18-14(17)10-7-15(8-10)11-5-9-3-2-4-13(16)12(9)6-11/h2-4,10-11,16H,5-8H2,1H3. The summed E-state index contributed by atoms with van der Waals surface area (Å²) in [5, 5.41) is 9.81. The molecule has 3 rings (SSSR count). The lowest BCUT2D eigenvalue weighted by Crippen LogP contribution is -2.55. The fraction of sp³-hybridized carbons (Fsp3) is 0.500. The van der Waals surface area contributed by atoms with Crippen molar-refractivity contribution in [3.63, 3.8) is 0 Å². The molecule has 0 aromatic heterocycles. The Bertz CT molecular complexity index is 480. The maximum Gasteiger partial charge on any atom is 0.311 e. The third kappa shape index (κ3) is 1.77. The minimum absolute atomic E-state index is 0.0345. The second kappa shape index (κ2) is 4.28. The maximum absolute atomic E-state index is 11.3. The largest absolute Gasteiger partial charge is 0.508 e. The van der Waals surface area contributed by atoms with Crippen molar-refractivity contribution in [1.82, 2.24) is 4.90 Å². The highest BCUT2D eigenvalue weighted by atomic mass is 16.5. The molecule has 18 heavy (non-hydrogen) atoms. The molecule has 96 valence electrons. The Labute approximate surface area is 106 Å². The maximum atomic E-state index is 11.3. The SMILES string of the molecule is COC(=O)C1CN(C2Cc3cccc(O)c3C2)C1. The van der Waals surface area contributed by atoms with Gasteiger partial charge in [-0.25, -0.2) is 0 Å². The van der Waals surface area contributed by atoms with Crippen LogP contribution in [0, 0.1) is 5.92 Å². The number of nitrogens with zero attached hydrogens (tertiary/aromatic N) is 1. The van der Waals surface area contributed by atoms with Crippen LogP contribution in [0.3, 0.4) is 0 Å². The molecular weight excluding hydrogens is 230 g/mol. The molecule has 1 unspecified atom stereocenters. The third-order valence-electron chi connectivity index (χ3n) is 4.10. The number of methoxy groups -OCH3 is 1. The summed E-state index contributed by atoms with van der Waals surface area (Å²) >= 11 is 0. The summed E-state index contributed by atoms with van der Waals surface area (Å²) in [5.74, 6) is 0.331. The number of rotatable bonds is 2. The first-order valence-corrected chi connectivity index (χ1v) is 6.30. The summed E-state index contributed by atoms with van der Waals surface area (Å²) in [4.78, 5) is 13.6. The molecule has 1 aliphatic carbocycles. The van der Waals surface area contributed by atoms with Crippen molar-refractivity contribution >= 4 is 5.97 Å². The Hall–Kier alpha value is -1.55. The predicted molar refractivity (Wildman–Crippen MR) is 66.4 cm³/mol. The van der Waals surface area contributed by atoms with E-state index < -0.39 is 0 Å². The van der Waals surface area contributed by atoms with Crippen LogP contribution < -0.4 is 0 Å². The lowest BCUT2D eigenvalue weighted by Gasteiger charge is -2.41. The zero-order valence-corrected chi connectivity index (χ0v) is 10.4. The highest BCUT2D eigenvalue weighted by molar-refractivity contribution is 5.73. The highest BCUT2D eigenvalue weighted by Crippen LogP contribution is 2.34. The van der Waals surface area contributed by atoms with E-state index in [0.717, 1.165) is 31.5 Å². The number of benzene rings is 1. The van der Waals surface area contributed by atoms with Crippen LogP contribution in [0.5, 0.6) is 5.75 Å². The van der Waals surface area contributed by atoms with Crippen LogP contribution in [0.15, 0.2) is 18.2 Å². The van der Waals surface area contributed by atoms with E-state index in [9.17, 15) is 9.90 Å². The number of fused-ring (bicyclic) bond motifs is 1. The molecule has 1 aliphatic heterocycles. The molecule has 4 nitrogen and oxygen atoms in total. The molecule has 0 radical (unpaired) electrons. The molecule has 0 bridgehead atoms. The van der Waals surface area contributed by atoms with Gasteiger partial charge in [0.2, 0.25) is 0 Å². The second-order valence-corrected chi connectivity index (χ2v) is 5.15. The van der Waals surface area contributed by atoms with Gasteiger partial charge in [0.15, 0.2) is 0 Å². The second-order valence-electron chi connectivity index (χ2n) is 5.15. The van der Waals surface area contributed by atoms with Gasteiger partial charge in [-0.05, 0) is 30.0 Å². The van der Waals surface area contributed by atoms with E-state index in [1.165, 1.54) is 12.7 Å². The smallest absolute Gasteiger partial charge is 0.311 e. The van der Waals surface area contributed by atoms with Gasteiger partial charge in [0.1, 0.15) is 5.75 Å². The minimum Gasteiger partial charge on any atom is -0.508 e. The Morgan fingerprint density at radius 2 is 2.17 bits per heavy atom. The molecule has 0 spiro atoms. The van der Waals surface area contributed by atoms with Gasteiger partial charge in [-0.1, -0.05) is 12.1 Å².